The molecule has 9 nitrogen and oxygen atoms in total. The second kappa shape index (κ2) is 11.7. The maximum absolute atomic E-state index is 13.3. The molecule has 38 heavy (non-hydrogen) atoms. The lowest BCUT2D eigenvalue weighted by Gasteiger charge is -2.23. The Bertz CT molecular complexity index is 1300. The van der Waals surface area contributed by atoms with Gasteiger partial charge in [0.15, 0.2) is 0 Å². The number of ether oxygens (including phenoxy) is 2. The number of halogens is 2. The topological polar surface area (TPSA) is 100 Å². The molecule has 0 radical (unpaired) electrons. The van der Waals surface area contributed by atoms with Crippen LogP contribution in [0.1, 0.15) is 62.9 Å². The van der Waals surface area contributed by atoms with Crippen LogP contribution in [-0.2, 0) is 28.9 Å². The highest BCUT2D eigenvalue weighted by Gasteiger charge is 2.25. The largest absolute Gasteiger partial charge is 0.460 e. The van der Waals surface area contributed by atoms with Crippen molar-refractivity contribution in [1.29, 1.82) is 0 Å². The third kappa shape index (κ3) is 7.17. The molecule has 204 valence electrons. The molecule has 1 N–H and O–H groups in total. The summed E-state index contributed by atoms with van der Waals surface area (Å²) in [5, 5.41) is 3.34. The van der Waals surface area contributed by atoms with E-state index in [9.17, 15) is 18.4 Å². The standard InChI is InChI=1S/C27H33F2N5O4/c1-27(2,3)38-23(35)16-21(19-9-11-22(31-17-19)37-25(28)29)34-15-14-33(26(34)36)13-5-7-20-10-8-18-6-4-12-30-24(18)32-20/h8-11,14-15,17,21,25H,4-7,12-13,16H2,1-3H3,(H,30,32). The molecular weight excluding hydrogens is 496 g/mol. The number of aromatic nitrogens is 4. The van der Waals surface area contributed by atoms with E-state index in [0.29, 0.717) is 24.9 Å². The zero-order chi connectivity index (χ0) is 27.3. The van der Waals surface area contributed by atoms with Crippen molar-refractivity contribution < 1.29 is 23.0 Å². The third-order valence-corrected chi connectivity index (χ3v) is 6.13. The van der Waals surface area contributed by atoms with E-state index in [1.54, 1.807) is 37.7 Å². The van der Waals surface area contributed by atoms with Crippen LogP contribution < -0.4 is 15.7 Å². The summed E-state index contributed by atoms with van der Waals surface area (Å²) in [5.41, 5.74) is 1.68. The van der Waals surface area contributed by atoms with Gasteiger partial charge in [-0.05, 0) is 63.6 Å². The minimum atomic E-state index is -3.00. The highest BCUT2D eigenvalue weighted by Crippen LogP contribution is 2.25. The highest BCUT2D eigenvalue weighted by atomic mass is 19.3. The molecular formula is C27H33F2N5O4. The molecule has 3 aromatic rings. The summed E-state index contributed by atoms with van der Waals surface area (Å²) in [5.74, 6) is 0.193. The van der Waals surface area contributed by atoms with Crippen molar-refractivity contribution in [2.24, 2.45) is 0 Å². The van der Waals surface area contributed by atoms with Gasteiger partial charge in [-0.2, -0.15) is 8.78 Å². The molecule has 3 aromatic heterocycles. The first-order valence-corrected chi connectivity index (χ1v) is 12.7. The summed E-state index contributed by atoms with van der Waals surface area (Å²) < 4.78 is 37.9. The summed E-state index contributed by atoms with van der Waals surface area (Å²) in [4.78, 5) is 34.6. The summed E-state index contributed by atoms with van der Waals surface area (Å²) >= 11 is 0. The zero-order valence-electron chi connectivity index (χ0n) is 21.8. The molecule has 4 rings (SSSR count). The van der Waals surface area contributed by atoms with Crippen LogP contribution >= 0.6 is 0 Å². The number of rotatable bonds is 10. The van der Waals surface area contributed by atoms with Crippen molar-refractivity contribution in [3.05, 3.63) is 70.2 Å². The molecule has 0 spiro atoms. The van der Waals surface area contributed by atoms with E-state index in [2.05, 4.69) is 21.1 Å². The van der Waals surface area contributed by atoms with Gasteiger partial charge in [-0.15, -0.1) is 0 Å². The van der Waals surface area contributed by atoms with Gasteiger partial charge in [-0.3, -0.25) is 13.9 Å². The van der Waals surface area contributed by atoms with Crippen molar-refractivity contribution in [3.63, 3.8) is 0 Å². The summed E-state index contributed by atoms with van der Waals surface area (Å²) in [6.45, 7) is 3.66. The molecule has 0 saturated heterocycles. The fourth-order valence-corrected chi connectivity index (χ4v) is 4.44. The van der Waals surface area contributed by atoms with Gasteiger partial charge < -0.3 is 14.8 Å². The number of hydrogen-bond donors (Lipinski definition) is 1. The van der Waals surface area contributed by atoms with Crippen LogP contribution in [0.3, 0.4) is 0 Å². The van der Waals surface area contributed by atoms with Crippen LogP contribution in [0.2, 0.25) is 0 Å². The van der Waals surface area contributed by atoms with E-state index in [0.717, 1.165) is 30.9 Å². The Labute approximate surface area is 219 Å². The molecule has 0 amide bonds. The number of fused-ring (bicyclic) bond motifs is 1. The second-order valence-corrected chi connectivity index (χ2v) is 10.2. The van der Waals surface area contributed by atoms with Crippen molar-refractivity contribution in [2.45, 2.75) is 77.7 Å². The number of imidazole rings is 1. The van der Waals surface area contributed by atoms with Crippen LogP contribution in [0.15, 0.2) is 47.7 Å². The molecule has 11 heteroatoms. The lowest BCUT2D eigenvalue weighted by atomic mass is 10.1. The number of esters is 1. The molecule has 0 aromatic carbocycles. The smallest absolute Gasteiger partial charge is 0.388 e. The predicted octanol–water partition coefficient (Wildman–Crippen LogP) is 4.35. The van der Waals surface area contributed by atoms with Gasteiger partial charge in [-0.1, -0.05) is 12.1 Å². The average molecular weight is 530 g/mol. The van der Waals surface area contributed by atoms with Gasteiger partial charge >= 0.3 is 18.3 Å². The van der Waals surface area contributed by atoms with Gasteiger partial charge in [0, 0.05) is 43.4 Å². The average Bonchev–Trinajstić information content (AvgIpc) is 3.21. The zero-order valence-corrected chi connectivity index (χ0v) is 21.8. The Morgan fingerprint density at radius 1 is 1.18 bits per heavy atom. The molecule has 1 aliphatic heterocycles. The predicted molar refractivity (Wildman–Crippen MR) is 138 cm³/mol. The van der Waals surface area contributed by atoms with Crippen LogP contribution in [0.5, 0.6) is 5.88 Å². The lowest BCUT2D eigenvalue weighted by Crippen LogP contribution is -2.31. The van der Waals surface area contributed by atoms with Gasteiger partial charge in [0.1, 0.15) is 11.4 Å². The number of hydrogen-bond acceptors (Lipinski definition) is 7. The first kappa shape index (κ1) is 27.3. The molecule has 0 bridgehead atoms. The van der Waals surface area contributed by atoms with Crippen molar-refractivity contribution in [2.75, 3.05) is 11.9 Å². The Balaban J connectivity index is 1.49. The van der Waals surface area contributed by atoms with Gasteiger partial charge in [0.2, 0.25) is 5.88 Å². The van der Waals surface area contributed by atoms with E-state index >= 15 is 0 Å². The maximum Gasteiger partial charge on any atom is 0.388 e. The summed E-state index contributed by atoms with van der Waals surface area (Å²) in [6, 6.07) is 6.20. The van der Waals surface area contributed by atoms with E-state index in [1.165, 1.54) is 28.5 Å². The van der Waals surface area contributed by atoms with Crippen molar-refractivity contribution >= 4 is 11.8 Å². The number of nitrogens with one attached hydrogen (secondary N) is 1. The number of alkyl halides is 2. The van der Waals surface area contributed by atoms with E-state index in [-0.39, 0.29) is 18.0 Å². The number of anilines is 1. The second-order valence-electron chi connectivity index (χ2n) is 10.2. The minimum absolute atomic E-state index is 0.135. The number of carbonyl (C=O) groups excluding carboxylic acids is 1. The molecule has 1 atom stereocenters. The Morgan fingerprint density at radius 2 is 2.00 bits per heavy atom. The Hall–Kier alpha value is -3.76. The third-order valence-electron chi connectivity index (χ3n) is 6.13. The Morgan fingerprint density at radius 3 is 2.71 bits per heavy atom. The van der Waals surface area contributed by atoms with Crippen LogP contribution in [0, 0.1) is 0 Å². The van der Waals surface area contributed by atoms with Gasteiger partial charge in [0.05, 0.1) is 12.5 Å². The fraction of sp³-hybridized carbons (Fsp3) is 0.481. The normalized spacial score (nSPS) is 14.1. The monoisotopic (exact) mass is 529 g/mol. The van der Waals surface area contributed by atoms with Crippen molar-refractivity contribution in [1.82, 2.24) is 19.1 Å². The van der Waals surface area contributed by atoms with Gasteiger partial charge in [0.25, 0.3) is 0 Å². The summed E-state index contributed by atoms with van der Waals surface area (Å²) in [7, 11) is 0. The first-order chi connectivity index (χ1) is 18.1. The van der Waals surface area contributed by atoms with Gasteiger partial charge in [-0.25, -0.2) is 14.8 Å². The quantitative estimate of drug-likeness (QED) is 0.390. The Kier molecular flexibility index (Phi) is 8.43. The highest BCUT2D eigenvalue weighted by molar-refractivity contribution is 5.71. The molecule has 1 unspecified atom stereocenters. The maximum atomic E-state index is 13.3. The number of aryl methyl sites for hydroxylation is 3. The van der Waals surface area contributed by atoms with Crippen LogP contribution in [0.25, 0.3) is 0 Å². The SMILES string of the molecule is CC(C)(C)OC(=O)CC(c1ccc(OC(F)F)nc1)n1ccn(CCCc2ccc3c(n2)NCCC3)c1=O. The number of pyridine rings is 2. The minimum Gasteiger partial charge on any atom is -0.460 e. The van der Waals surface area contributed by atoms with Crippen molar-refractivity contribution in [3.8, 4) is 5.88 Å². The van der Waals surface area contributed by atoms with E-state index < -0.39 is 24.2 Å². The number of nitrogens with zero attached hydrogens (tertiary/aromatic N) is 4. The van der Waals surface area contributed by atoms with Crippen LogP contribution in [-0.4, -0.2) is 43.8 Å². The molecule has 0 saturated carbocycles. The number of carbonyl (C=O) groups is 1. The van der Waals surface area contributed by atoms with Crippen LogP contribution in [0.4, 0.5) is 14.6 Å². The van der Waals surface area contributed by atoms with E-state index in [1.807, 2.05) is 6.07 Å². The summed E-state index contributed by atoms with van der Waals surface area (Å²) in [6.07, 6.45) is 8.02. The first-order valence-electron chi connectivity index (χ1n) is 12.7. The molecule has 4 heterocycles. The fourth-order valence-electron chi connectivity index (χ4n) is 4.44. The van der Waals surface area contributed by atoms with E-state index in [4.69, 9.17) is 9.72 Å². The molecule has 0 aliphatic carbocycles. The lowest BCUT2D eigenvalue weighted by molar-refractivity contribution is -0.155. The molecule has 1 aliphatic rings. The molecule has 0 fully saturated rings.